The Balaban J connectivity index is 2.57. The van der Waals surface area contributed by atoms with Crippen LogP contribution in [0.2, 0.25) is 0 Å². The monoisotopic (exact) mass is 257 g/mol. The highest BCUT2D eigenvalue weighted by Gasteiger charge is 2.18. The summed E-state index contributed by atoms with van der Waals surface area (Å²) in [5, 5.41) is 12.9. The van der Waals surface area contributed by atoms with E-state index in [2.05, 4.69) is 21.2 Å². The van der Waals surface area contributed by atoms with Crippen molar-refractivity contribution in [3.05, 3.63) is 21.7 Å². The molecule has 2 N–H and O–H groups in total. The Bertz CT molecular complexity index is 366. The molecule has 3 nitrogen and oxygen atoms in total. The predicted molar refractivity (Wildman–Crippen MR) is 57.8 cm³/mol. The zero-order chi connectivity index (χ0) is 10.1. The van der Waals surface area contributed by atoms with E-state index >= 15 is 0 Å². The molecule has 0 radical (unpaired) electrons. The molecule has 0 unspecified atom stereocenters. The maximum Gasteiger partial charge on any atom is 0.174 e. The largest absolute Gasteiger partial charge is 0.504 e. The van der Waals surface area contributed by atoms with Gasteiger partial charge in [0.2, 0.25) is 0 Å². The van der Waals surface area contributed by atoms with Crippen molar-refractivity contribution in [1.82, 2.24) is 5.32 Å². The molecular formula is C10H12BrNO2. The van der Waals surface area contributed by atoms with Crippen LogP contribution in [0.1, 0.15) is 11.1 Å². The molecule has 0 aromatic heterocycles. The van der Waals surface area contributed by atoms with Gasteiger partial charge >= 0.3 is 0 Å². The van der Waals surface area contributed by atoms with Crippen LogP contribution >= 0.6 is 15.9 Å². The summed E-state index contributed by atoms with van der Waals surface area (Å²) < 4.78 is 6.01. The standard InChI is InChI=1S/C10H12BrNO2/c1-14-10-8(13)4-6-5-12-3-2-7(6)9(10)11/h4,12-13H,2-3,5H2,1H3. The summed E-state index contributed by atoms with van der Waals surface area (Å²) >= 11 is 3.47. The van der Waals surface area contributed by atoms with Gasteiger partial charge in [0.05, 0.1) is 11.6 Å². The first-order chi connectivity index (χ1) is 6.74. The zero-order valence-corrected chi connectivity index (χ0v) is 9.52. The van der Waals surface area contributed by atoms with E-state index in [0.29, 0.717) is 5.75 Å². The lowest BCUT2D eigenvalue weighted by atomic mass is 10.0. The molecule has 1 aromatic rings. The molecule has 0 fully saturated rings. The molecule has 1 aliphatic heterocycles. The number of ether oxygens (including phenoxy) is 1. The van der Waals surface area contributed by atoms with Gasteiger partial charge in [0.25, 0.3) is 0 Å². The third-order valence-electron chi connectivity index (χ3n) is 2.47. The van der Waals surface area contributed by atoms with E-state index in [-0.39, 0.29) is 5.75 Å². The fourth-order valence-electron chi connectivity index (χ4n) is 1.77. The van der Waals surface area contributed by atoms with Gasteiger partial charge in [-0.05, 0) is 46.1 Å². The summed E-state index contributed by atoms with van der Waals surface area (Å²) in [5.74, 6) is 0.729. The van der Waals surface area contributed by atoms with Crippen molar-refractivity contribution in [3.63, 3.8) is 0 Å². The summed E-state index contributed by atoms with van der Waals surface area (Å²) in [7, 11) is 1.56. The van der Waals surface area contributed by atoms with Crippen LogP contribution < -0.4 is 10.1 Å². The molecule has 1 heterocycles. The van der Waals surface area contributed by atoms with Crippen LogP contribution in [-0.2, 0) is 13.0 Å². The van der Waals surface area contributed by atoms with Crippen molar-refractivity contribution in [3.8, 4) is 11.5 Å². The summed E-state index contributed by atoms with van der Waals surface area (Å²) in [6, 6.07) is 1.77. The van der Waals surface area contributed by atoms with Crippen molar-refractivity contribution >= 4 is 15.9 Å². The normalized spacial score (nSPS) is 15.0. The number of methoxy groups -OCH3 is 1. The third-order valence-corrected chi connectivity index (χ3v) is 3.31. The minimum absolute atomic E-state index is 0.196. The van der Waals surface area contributed by atoms with E-state index in [1.807, 2.05) is 0 Å². The van der Waals surface area contributed by atoms with Crippen molar-refractivity contribution < 1.29 is 9.84 Å². The number of aromatic hydroxyl groups is 1. The number of fused-ring (bicyclic) bond motifs is 1. The number of nitrogens with one attached hydrogen (secondary N) is 1. The molecule has 0 aliphatic carbocycles. The Kier molecular flexibility index (Phi) is 2.65. The first-order valence-corrected chi connectivity index (χ1v) is 5.31. The summed E-state index contributed by atoms with van der Waals surface area (Å²) in [6.07, 6.45) is 0.965. The molecule has 2 rings (SSSR count). The van der Waals surface area contributed by atoms with Gasteiger partial charge in [-0.1, -0.05) is 0 Å². The second-order valence-corrected chi connectivity index (χ2v) is 4.10. The SMILES string of the molecule is COc1c(O)cc2c(c1Br)CCNC2. The highest BCUT2D eigenvalue weighted by molar-refractivity contribution is 9.10. The van der Waals surface area contributed by atoms with E-state index < -0.39 is 0 Å². The van der Waals surface area contributed by atoms with E-state index in [0.717, 1.165) is 29.5 Å². The van der Waals surface area contributed by atoms with Crippen LogP contribution in [0.3, 0.4) is 0 Å². The zero-order valence-electron chi connectivity index (χ0n) is 7.93. The van der Waals surface area contributed by atoms with Crippen LogP contribution in [0, 0.1) is 0 Å². The molecule has 0 bridgehead atoms. The van der Waals surface area contributed by atoms with Gasteiger partial charge < -0.3 is 15.2 Å². The highest BCUT2D eigenvalue weighted by atomic mass is 79.9. The lowest BCUT2D eigenvalue weighted by Crippen LogP contribution is -2.23. The van der Waals surface area contributed by atoms with E-state index in [1.165, 1.54) is 5.56 Å². The second kappa shape index (κ2) is 3.79. The molecule has 0 spiro atoms. The van der Waals surface area contributed by atoms with Crippen LogP contribution in [0.25, 0.3) is 0 Å². The van der Waals surface area contributed by atoms with Crippen molar-refractivity contribution in [2.24, 2.45) is 0 Å². The van der Waals surface area contributed by atoms with Crippen LogP contribution in [0.4, 0.5) is 0 Å². The quantitative estimate of drug-likeness (QED) is 0.807. The molecule has 1 aromatic carbocycles. The average molecular weight is 258 g/mol. The van der Waals surface area contributed by atoms with E-state index in [4.69, 9.17) is 4.74 Å². The molecule has 4 heteroatoms. The molecule has 1 aliphatic rings. The Morgan fingerprint density at radius 2 is 2.36 bits per heavy atom. The summed E-state index contributed by atoms with van der Waals surface area (Å²) in [6.45, 7) is 1.78. The fraction of sp³-hybridized carbons (Fsp3) is 0.400. The topological polar surface area (TPSA) is 41.5 Å². The van der Waals surface area contributed by atoms with Crippen LogP contribution in [0.5, 0.6) is 11.5 Å². The Morgan fingerprint density at radius 3 is 3.07 bits per heavy atom. The van der Waals surface area contributed by atoms with Crippen molar-refractivity contribution in [2.75, 3.05) is 13.7 Å². The Labute approximate surface area is 91.2 Å². The van der Waals surface area contributed by atoms with Crippen molar-refractivity contribution in [1.29, 1.82) is 0 Å². The molecule has 0 saturated heterocycles. The highest BCUT2D eigenvalue weighted by Crippen LogP contribution is 2.39. The fourth-order valence-corrected chi connectivity index (χ4v) is 2.58. The third kappa shape index (κ3) is 1.48. The Hall–Kier alpha value is -0.740. The Morgan fingerprint density at radius 1 is 1.57 bits per heavy atom. The molecule has 0 amide bonds. The number of hydrogen-bond donors (Lipinski definition) is 2. The van der Waals surface area contributed by atoms with Crippen LogP contribution in [0.15, 0.2) is 10.5 Å². The van der Waals surface area contributed by atoms with E-state index in [1.54, 1.807) is 13.2 Å². The minimum atomic E-state index is 0.196. The minimum Gasteiger partial charge on any atom is -0.504 e. The lowest BCUT2D eigenvalue weighted by Gasteiger charge is -2.20. The van der Waals surface area contributed by atoms with Crippen LogP contribution in [-0.4, -0.2) is 18.8 Å². The molecule has 0 saturated carbocycles. The van der Waals surface area contributed by atoms with Gasteiger partial charge in [-0.3, -0.25) is 0 Å². The van der Waals surface area contributed by atoms with Gasteiger partial charge in [0.15, 0.2) is 11.5 Å². The number of halogens is 1. The van der Waals surface area contributed by atoms with Gasteiger partial charge in [0.1, 0.15) is 0 Å². The predicted octanol–water partition coefficient (Wildman–Crippen LogP) is 1.81. The maximum atomic E-state index is 9.66. The molecule has 0 atom stereocenters. The van der Waals surface area contributed by atoms with E-state index in [9.17, 15) is 5.11 Å². The molecule has 14 heavy (non-hydrogen) atoms. The first kappa shape index (κ1) is 9.80. The molecule has 76 valence electrons. The van der Waals surface area contributed by atoms with Gasteiger partial charge in [0, 0.05) is 6.54 Å². The number of hydrogen-bond acceptors (Lipinski definition) is 3. The second-order valence-electron chi connectivity index (χ2n) is 3.31. The van der Waals surface area contributed by atoms with Gasteiger partial charge in [-0.25, -0.2) is 0 Å². The van der Waals surface area contributed by atoms with Crippen molar-refractivity contribution in [2.45, 2.75) is 13.0 Å². The maximum absolute atomic E-state index is 9.66. The lowest BCUT2D eigenvalue weighted by molar-refractivity contribution is 0.369. The number of rotatable bonds is 1. The first-order valence-electron chi connectivity index (χ1n) is 4.52. The average Bonchev–Trinajstić information content (AvgIpc) is 2.18. The number of phenolic OH excluding ortho intramolecular Hbond substituents is 1. The molecular weight excluding hydrogens is 246 g/mol. The van der Waals surface area contributed by atoms with Gasteiger partial charge in [-0.2, -0.15) is 0 Å². The smallest absolute Gasteiger partial charge is 0.174 e. The summed E-state index contributed by atoms with van der Waals surface area (Å²) in [4.78, 5) is 0. The number of phenols is 1. The van der Waals surface area contributed by atoms with Gasteiger partial charge in [-0.15, -0.1) is 0 Å². The summed E-state index contributed by atoms with van der Waals surface area (Å²) in [5.41, 5.74) is 2.37. The number of benzene rings is 1.